The molecule has 5 fully saturated rings. The molecule has 0 bridgehead atoms. The van der Waals surface area contributed by atoms with Crippen molar-refractivity contribution < 1.29 is 28.7 Å². The number of anilines is 4. The maximum Gasteiger partial charge on any atom is 0.293 e. The Labute approximate surface area is 375 Å². The summed E-state index contributed by atoms with van der Waals surface area (Å²) in [5.74, 6) is 0.0315. The number of hydrogen-bond acceptors (Lipinski definition) is 13. The van der Waals surface area contributed by atoms with Crippen LogP contribution in [0.4, 0.5) is 23.1 Å². The lowest BCUT2D eigenvalue weighted by atomic mass is 9.70. The van der Waals surface area contributed by atoms with Crippen LogP contribution >= 0.6 is 11.6 Å². The predicted molar refractivity (Wildman–Crippen MR) is 240 cm³/mol. The fourth-order valence-electron chi connectivity index (χ4n) is 10.4. The van der Waals surface area contributed by atoms with Gasteiger partial charge in [-0.3, -0.25) is 34.2 Å². The number of pyridine rings is 1. The lowest BCUT2D eigenvalue weighted by Gasteiger charge is -2.64. The SMILES string of the molecule is CNC(=O)COc1cc2cc(Nc3nc(N4CCC(OC5CC(N6CC7(CN(c8ccc9c(c8)CN([C@@H]8CCC(=O)NC8=O)C9=O)C7)C6)C5)CC4)ncc3Cl)ccc2n(C(C)C)c1=O. The number of hydrogen-bond donors (Lipinski definition) is 3. The smallest absolute Gasteiger partial charge is 0.293 e. The molecule has 1 aliphatic carbocycles. The van der Waals surface area contributed by atoms with Crippen molar-refractivity contribution >= 4 is 69.3 Å². The van der Waals surface area contributed by atoms with Crippen LogP contribution in [0.15, 0.2) is 53.5 Å². The highest BCUT2D eigenvalue weighted by Gasteiger charge is 2.55. The number of likely N-dealkylation sites (tertiary alicyclic amines) is 1. The van der Waals surface area contributed by atoms with Crippen LogP contribution in [0.5, 0.6) is 5.75 Å². The number of nitrogens with zero attached hydrogens (tertiary/aromatic N) is 7. The fraction of sp³-hybridized carbons (Fsp3) is 0.500. The molecule has 10 rings (SSSR count). The number of nitrogens with one attached hydrogen (secondary N) is 3. The van der Waals surface area contributed by atoms with Gasteiger partial charge in [0.2, 0.25) is 17.8 Å². The molecule has 336 valence electrons. The van der Waals surface area contributed by atoms with Gasteiger partial charge in [0.25, 0.3) is 17.4 Å². The van der Waals surface area contributed by atoms with Gasteiger partial charge in [-0.25, -0.2) is 4.98 Å². The Bertz CT molecular complexity index is 2590. The maximum atomic E-state index is 13.2. The third-order valence-corrected chi connectivity index (χ3v) is 14.1. The first-order chi connectivity index (χ1) is 30.8. The molecule has 2 aromatic carbocycles. The molecule has 4 amide bonds. The number of aromatic nitrogens is 3. The summed E-state index contributed by atoms with van der Waals surface area (Å²) in [6, 6.07) is 13.2. The first-order valence-corrected chi connectivity index (χ1v) is 22.7. The third-order valence-electron chi connectivity index (χ3n) is 13.8. The van der Waals surface area contributed by atoms with E-state index in [2.05, 4.69) is 41.7 Å². The molecule has 64 heavy (non-hydrogen) atoms. The van der Waals surface area contributed by atoms with Crippen LogP contribution in [0.2, 0.25) is 5.02 Å². The summed E-state index contributed by atoms with van der Waals surface area (Å²) in [4.78, 5) is 80.5. The number of imide groups is 1. The van der Waals surface area contributed by atoms with Crippen LogP contribution in [-0.2, 0) is 25.7 Å². The molecular weight excluding hydrogens is 840 g/mol. The Hall–Kier alpha value is -5.78. The molecule has 0 radical (unpaired) electrons. The highest BCUT2D eigenvalue weighted by molar-refractivity contribution is 6.33. The molecule has 1 spiro atoms. The first-order valence-electron chi connectivity index (χ1n) is 22.3. The molecule has 3 N–H and O–H groups in total. The zero-order chi connectivity index (χ0) is 44.4. The van der Waals surface area contributed by atoms with E-state index >= 15 is 0 Å². The van der Waals surface area contributed by atoms with Gasteiger partial charge in [-0.1, -0.05) is 11.6 Å². The minimum absolute atomic E-state index is 0.0964. The lowest BCUT2D eigenvalue weighted by Crippen LogP contribution is -2.75. The van der Waals surface area contributed by atoms with Crippen molar-refractivity contribution in [1.29, 1.82) is 0 Å². The molecule has 2 aromatic heterocycles. The second kappa shape index (κ2) is 16.7. The Morgan fingerprint density at radius 1 is 0.969 bits per heavy atom. The highest BCUT2D eigenvalue weighted by Crippen LogP contribution is 2.46. The van der Waals surface area contributed by atoms with Crippen molar-refractivity contribution in [3.8, 4) is 5.75 Å². The predicted octanol–water partition coefficient (Wildman–Crippen LogP) is 3.99. The minimum atomic E-state index is -0.602. The second-order valence-electron chi connectivity index (χ2n) is 18.6. The molecule has 0 unspecified atom stereocenters. The highest BCUT2D eigenvalue weighted by atomic mass is 35.5. The molecule has 4 saturated heterocycles. The quantitative estimate of drug-likeness (QED) is 0.174. The summed E-state index contributed by atoms with van der Waals surface area (Å²) in [6.07, 6.45) is 6.60. The summed E-state index contributed by atoms with van der Waals surface area (Å²) in [6.45, 7) is 9.72. The van der Waals surface area contributed by atoms with Gasteiger partial charge in [-0.15, -0.1) is 0 Å². The van der Waals surface area contributed by atoms with Gasteiger partial charge in [-0.2, -0.15) is 4.98 Å². The Morgan fingerprint density at radius 3 is 2.48 bits per heavy atom. The summed E-state index contributed by atoms with van der Waals surface area (Å²) >= 11 is 6.60. The van der Waals surface area contributed by atoms with Gasteiger partial charge in [0.1, 0.15) is 11.1 Å². The zero-order valence-corrected chi connectivity index (χ0v) is 37.0. The fourth-order valence-corrected chi connectivity index (χ4v) is 10.5. The third kappa shape index (κ3) is 7.91. The van der Waals surface area contributed by atoms with E-state index in [9.17, 15) is 24.0 Å². The van der Waals surface area contributed by atoms with Crippen LogP contribution < -0.4 is 36.0 Å². The molecule has 7 heterocycles. The monoisotopic (exact) mass is 892 g/mol. The number of amides is 4. The molecule has 4 aromatic rings. The number of carbonyl (C=O) groups excluding carboxylic acids is 4. The van der Waals surface area contributed by atoms with Crippen molar-refractivity contribution in [2.24, 2.45) is 5.41 Å². The first kappa shape index (κ1) is 42.2. The Morgan fingerprint density at radius 2 is 1.75 bits per heavy atom. The molecule has 6 aliphatic rings. The van der Waals surface area contributed by atoms with Crippen molar-refractivity contribution in [2.75, 3.05) is 68.0 Å². The zero-order valence-electron chi connectivity index (χ0n) is 36.3. The summed E-state index contributed by atoms with van der Waals surface area (Å²) < 4.78 is 13.9. The van der Waals surface area contributed by atoms with Crippen LogP contribution in [0.1, 0.15) is 74.3 Å². The van der Waals surface area contributed by atoms with E-state index in [1.54, 1.807) is 21.7 Å². The topological polar surface area (TPSA) is 184 Å². The van der Waals surface area contributed by atoms with Crippen LogP contribution in [0.25, 0.3) is 10.9 Å². The molecular formula is C46H53ClN10O7. The molecule has 17 nitrogen and oxygen atoms in total. The number of likely N-dealkylation sites (N-methyl/N-ethyl adjacent to an activating group) is 1. The molecule has 1 saturated carbocycles. The van der Waals surface area contributed by atoms with Gasteiger partial charge in [0, 0.05) is 99.1 Å². The molecule has 1 atom stereocenters. The van der Waals surface area contributed by atoms with E-state index in [0.29, 0.717) is 46.8 Å². The Kier molecular flexibility index (Phi) is 11.0. The van der Waals surface area contributed by atoms with Crippen molar-refractivity contribution in [2.45, 2.75) is 89.3 Å². The van der Waals surface area contributed by atoms with Crippen molar-refractivity contribution in [1.82, 2.24) is 35.0 Å². The average molecular weight is 893 g/mol. The van der Waals surface area contributed by atoms with Gasteiger partial charge in [0.05, 0.1) is 23.9 Å². The summed E-state index contributed by atoms with van der Waals surface area (Å²) in [7, 11) is 1.52. The van der Waals surface area contributed by atoms with Gasteiger partial charge >= 0.3 is 0 Å². The average Bonchev–Trinajstić information content (AvgIpc) is 3.56. The van der Waals surface area contributed by atoms with Gasteiger partial charge < -0.3 is 39.4 Å². The second-order valence-corrected chi connectivity index (χ2v) is 19.0. The van der Waals surface area contributed by atoms with Crippen LogP contribution in [-0.4, -0.2) is 125 Å². The number of carbonyl (C=O) groups is 4. The van der Waals surface area contributed by atoms with E-state index in [-0.39, 0.29) is 66.2 Å². The number of halogens is 1. The minimum Gasteiger partial charge on any atom is -0.478 e. The number of piperidine rings is 2. The van der Waals surface area contributed by atoms with Gasteiger partial charge in [-0.05, 0) is 94.0 Å². The van der Waals surface area contributed by atoms with E-state index in [1.165, 1.54) is 7.05 Å². The number of rotatable bonds is 12. The molecule has 5 aliphatic heterocycles. The normalized spacial score (nSPS) is 23.2. The van der Waals surface area contributed by atoms with Crippen LogP contribution in [0, 0.1) is 5.41 Å². The Balaban J connectivity index is 0.676. The molecule has 18 heteroatoms. The van der Waals surface area contributed by atoms with E-state index in [1.807, 2.05) is 44.2 Å². The van der Waals surface area contributed by atoms with E-state index in [4.69, 9.17) is 26.1 Å². The lowest BCUT2D eigenvalue weighted by molar-refractivity contribution is -0.137. The number of ether oxygens (including phenoxy) is 2. The van der Waals surface area contributed by atoms with E-state index in [0.717, 1.165) is 92.8 Å². The maximum absolute atomic E-state index is 13.2. The van der Waals surface area contributed by atoms with Gasteiger partial charge in [0.15, 0.2) is 18.2 Å². The standard InChI is InChI=1S/C46H53ClN10O7/c1-26(2)57-36-7-4-29(14-27(36)16-38(44(57)62)63-21-40(59)48-3)50-41-35(47)19-49-45(52-41)53-12-10-32(11-13-53)64-33-17-31(18-33)55-24-46(25-55)22-54(23-46)30-5-6-34-28(15-30)20-56(43(34)61)37-8-9-39(58)51-42(37)60/h4-7,14-16,19,26,31-33,37H,8-13,17-18,20-25H2,1-3H3,(H,48,59)(H,49,50,52)(H,51,58,60)/t31?,33?,37-/m1/s1. The van der Waals surface area contributed by atoms with Crippen LogP contribution in [0.3, 0.4) is 0 Å². The largest absolute Gasteiger partial charge is 0.478 e. The van der Waals surface area contributed by atoms with Crippen molar-refractivity contribution in [3.05, 3.63) is 75.2 Å². The van der Waals surface area contributed by atoms with Crippen molar-refractivity contribution in [3.63, 3.8) is 0 Å². The number of benzene rings is 2. The summed E-state index contributed by atoms with van der Waals surface area (Å²) in [5.41, 5.74) is 4.18. The van der Waals surface area contributed by atoms with E-state index < -0.39 is 6.04 Å². The summed E-state index contributed by atoms with van der Waals surface area (Å²) in [5, 5.41) is 9.36. The number of fused-ring (bicyclic) bond motifs is 2.